The van der Waals surface area contributed by atoms with E-state index in [-0.39, 0.29) is 11.9 Å². The van der Waals surface area contributed by atoms with Crippen molar-refractivity contribution in [2.45, 2.75) is 19.5 Å². The Morgan fingerprint density at radius 2 is 2.05 bits per heavy atom. The van der Waals surface area contributed by atoms with Crippen molar-refractivity contribution in [2.75, 3.05) is 6.54 Å². The fraction of sp³-hybridized carbons (Fsp3) is 0.286. The van der Waals surface area contributed by atoms with Crippen LogP contribution in [0.4, 0.5) is 9.18 Å². The van der Waals surface area contributed by atoms with Crippen molar-refractivity contribution in [3.05, 3.63) is 39.3 Å². The van der Waals surface area contributed by atoms with Gasteiger partial charge < -0.3 is 5.11 Å². The van der Waals surface area contributed by atoms with Gasteiger partial charge in [0, 0.05) is 12.1 Å². The van der Waals surface area contributed by atoms with Crippen LogP contribution in [0.5, 0.6) is 0 Å². The molecule has 2 heterocycles. The molecule has 0 radical (unpaired) electrons. The predicted molar refractivity (Wildman–Crippen MR) is 83.5 cm³/mol. The smallest absolute Gasteiger partial charge is 0.407 e. The van der Waals surface area contributed by atoms with Crippen LogP contribution in [0.15, 0.2) is 24.3 Å². The van der Waals surface area contributed by atoms with E-state index in [2.05, 4.69) is 27.7 Å². The van der Waals surface area contributed by atoms with Crippen LogP contribution in [0.25, 0.3) is 11.3 Å². The minimum atomic E-state index is -0.922. The van der Waals surface area contributed by atoms with Crippen molar-refractivity contribution < 1.29 is 14.3 Å². The first-order valence-electron chi connectivity index (χ1n) is 6.50. The Balaban J connectivity index is 2.06. The number of hydrogen-bond acceptors (Lipinski definition) is 2. The van der Waals surface area contributed by atoms with Gasteiger partial charge in [-0.05, 0) is 53.8 Å². The largest absolute Gasteiger partial charge is 0.465 e. The predicted octanol–water partition coefficient (Wildman–Crippen LogP) is 3.35. The summed E-state index contributed by atoms with van der Waals surface area (Å²) in [6.07, 6.45) is -0.922. The topological polar surface area (TPSA) is 58.4 Å². The molecular formula is C14H13FIN3O2. The van der Waals surface area contributed by atoms with E-state index in [1.807, 2.05) is 11.6 Å². The van der Waals surface area contributed by atoms with Crippen molar-refractivity contribution in [3.8, 4) is 11.3 Å². The second-order valence-corrected chi connectivity index (χ2v) is 6.01. The molecule has 1 atom stereocenters. The maximum absolute atomic E-state index is 13.0. The first kappa shape index (κ1) is 14.3. The quantitative estimate of drug-likeness (QED) is 0.746. The summed E-state index contributed by atoms with van der Waals surface area (Å²) in [5.41, 5.74) is 2.49. The van der Waals surface area contributed by atoms with Gasteiger partial charge in [0.25, 0.3) is 0 Å². The molecule has 1 aliphatic heterocycles. The zero-order valence-electron chi connectivity index (χ0n) is 11.3. The Hall–Kier alpha value is -1.64. The summed E-state index contributed by atoms with van der Waals surface area (Å²) in [6.45, 7) is 2.81. The summed E-state index contributed by atoms with van der Waals surface area (Å²) < 4.78 is 15.8. The van der Waals surface area contributed by atoms with Crippen molar-refractivity contribution in [3.63, 3.8) is 0 Å². The summed E-state index contributed by atoms with van der Waals surface area (Å²) >= 11 is 2.18. The van der Waals surface area contributed by atoms with Crippen LogP contribution in [0.1, 0.15) is 18.7 Å². The van der Waals surface area contributed by atoms with Gasteiger partial charge in [0.2, 0.25) is 0 Å². The maximum atomic E-state index is 13.0. The van der Waals surface area contributed by atoms with Crippen LogP contribution in [0.3, 0.4) is 0 Å². The first-order chi connectivity index (χ1) is 9.99. The average molecular weight is 401 g/mol. The Morgan fingerprint density at radius 1 is 1.38 bits per heavy atom. The van der Waals surface area contributed by atoms with E-state index < -0.39 is 6.09 Å². The lowest BCUT2D eigenvalue weighted by Gasteiger charge is -2.31. The van der Waals surface area contributed by atoms with Crippen LogP contribution < -0.4 is 0 Å². The zero-order valence-corrected chi connectivity index (χ0v) is 13.4. The van der Waals surface area contributed by atoms with E-state index in [9.17, 15) is 14.3 Å². The van der Waals surface area contributed by atoms with Gasteiger partial charge in [0.05, 0.1) is 21.9 Å². The van der Waals surface area contributed by atoms with E-state index in [4.69, 9.17) is 0 Å². The van der Waals surface area contributed by atoms with Crippen LogP contribution in [-0.4, -0.2) is 32.4 Å². The van der Waals surface area contributed by atoms with Crippen LogP contribution >= 0.6 is 22.6 Å². The molecule has 0 saturated carbocycles. The Kier molecular flexibility index (Phi) is 3.60. The molecule has 1 aromatic carbocycles. The van der Waals surface area contributed by atoms with E-state index in [0.717, 1.165) is 20.5 Å². The molecule has 110 valence electrons. The third kappa shape index (κ3) is 2.39. The average Bonchev–Trinajstić information content (AvgIpc) is 2.78. The molecule has 21 heavy (non-hydrogen) atoms. The summed E-state index contributed by atoms with van der Waals surface area (Å²) in [5.74, 6) is -0.289. The number of nitrogens with zero attached hydrogens (tertiary/aromatic N) is 3. The molecule has 3 rings (SSSR count). The van der Waals surface area contributed by atoms with Gasteiger partial charge in [-0.1, -0.05) is 0 Å². The highest BCUT2D eigenvalue weighted by Crippen LogP contribution is 2.34. The fourth-order valence-corrected chi connectivity index (χ4v) is 3.77. The van der Waals surface area contributed by atoms with Crippen LogP contribution in [-0.2, 0) is 6.54 Å². The van der Waals surface area contributed by atoms with Gasteiger partial charge >= 0.3 is 6.09 Å². The third-order valence-corrected chi connectivity index (χ3v) is 4.77. The van der Waals surface area contributed by atoms with Crippen molar-refractivity contribution in [1.29, 1.82) is 0 Å². The first-order valence-corrected chi connectivity index (χ1v) is 7.58. The lowest BCUT2D eigenvalue weighted by molar-refractivity contribution is 0.112. The van der Waals surface area contributed by atoms with Crippen molar-refractivity contribution in [1.82, 2.24) is 14.7 Å². The molecule has 2 aromatic rings. The standard InChI is InChI=1S/C14H13FIN3O2/c1-8-13-11(16)12(9-2-4-10(15)5-3-9)17-19(13)7-6-18(8)14(20)21/h2-5,8H,6-7H2,1H3,(H,20,21). The number of hydrogen-bond donors (Lipinski definition) is 1. The second-order valence-electron chi connectivity index (χ2n) is 4.93. The molecule has 5 nitrogen and oxygen atoms in total. The zero-order chi connectivity index (χ0) is 15.1. The van der Waals surface area contributed by atoms with Gasteiger partial charge in [-0.2, -0.15) is 5.10 Å². The monoisotopic (exact) mass is 401 g/mol. The summed E-state index contributed by atoms with van der Waals surface area (Å²) in [7, 11) is 0. The summed E-state index contributed by atoms with van der Waals surface area (Å²) in [4.78, 5) is 12.7. The highest BCUT2D eigenvalue weighted by molar-refractivity contribution is 14.1. The minimum Gasteiger partial charge on any atom is -0.465 e. The van der Waals surface area contributed by atoms with E-state index in [1.165, 1.54) is 17.0 Å². The minimum absolute atomic E-state index is 0.246. The molecular weight excluding hydrogens is 388 g/mol. The fourth-order valence-electron chi connectivity index (χ4n) is 2.62. The van der Waals surface area contributed by atoms with Gasteiger partial charge in [-0.15, -0.1) is 0 Å². The number of benzene rings is 1. The lowest BCUT2D eigenvalue weighted by Crippen LogP contribution is -2.40. The Labute approximate surface area is 134 Å². The van der Waals surface area contributed by atoms with Crippen LogP contribution in [0, 0.1) is 9.39 Å². The molecule has 0 bridgehead atoms. The molecule has 1 unspecified atom stereocenters. The summed E-state index contributed by atoms with van der Waals surface area (Å²) in [6, 6.07) is 5.93. The Bertz CT molecular complexity index is 699. The molecule has 1 aliphatic rings. The van der Waals surface area contributed by atoms with Crippen molar-refractivity contribution >= 4 is 28.7 Å². The number of carbonyl (C=O) groups is 1. The van der Waals surface area contributed by atoms with E-state index >= 15 is 0 Å². The molecule has 1 N–H and O–H groups in total. The van der Waals surface area contributed by atoms with Crippen molar-refractivity contribution in [2.24, 2.45) is 0 Å². The highest BCUT2D eigenvalue weighted by Gasteiger charge is 2.32. The number of halogens is 2. The molecule has 0 fully saturated rings. The molecule has 1 aromatic heterocycles. The normalized spacial score (nSPS) is 17.7. The molecule has 7 heteroatoms. The van der Waals surface area contributed by atoms with Gasteiger partial charge in [0.1, 0.15) is 11.5 Å². The van der Waals surface area contributed by atoms with Gasteiger partial charge in [-0.25, -0.2) is 9.18 Å². The lowest BCUT2D eigenvalue weighted by atomic mass is 10.1. The number of fused-ring (bicyclic) bond motifs is 1. The van der Waals surface area contributed by atoms with Gasteiger partial charge in [-0.3, -0.25) is 9.58 Å². The second kappa shape index (κ2) is 5.28. The SMILES string of the molecule is CC1c2c(I)c(-c3ccc(F)cc3)nn2CCN1C(=O)O. The molecule has 0 aliphatic carbocycles. The maximum Gasteiger partial charge on any atom is 0.407 e. The third-order valence-electron chi connectivity index (χ3n) is 3.71. The molecule has 0 saturated heterocycles. The molecule has 1 amide bonds. The van der Waals surface area contributed by atoms with Gasteiger partial charge in [0.15, 0.2) is 0 Å². The Morgan fingerprint density at radius 3 is 2.67 bits per heavy atom. The molecule has 0 spiro atoms. The summed E-state index contributed by atoms with van der Waals surface area (Å²) in [5, 5.41) is 13.8. The number of amides is 1. The number of aromatic nitrogens is 2. The van der Waals surface area contributed by atoms with Crippen LogP contribution in [0.2, 0.25) is 0 Å². The highest BCUT2D eigenvalue weighted by atomic mass is 127. The van der Waals surface area contributed by atoms with E-state index in [1.54, 1.807) is 12.1 Å². The number of rotatable bonds is 1. The number of carboxylic acid groups (broad SMARTS) is 1. The van der Waals surface area contributed by atoms with E-state index in [0.29, 0.717) is 13.1 Å².